The van der Waals surface area contributed by atoms with E-state index < -0.39 is 0 Å². The predicted octanol–water partition coefficient (Wildman–Crippen LogP) is 2.18. The molecule has 1 atom stereocenters. The second-order valence-electron chi connectivity index (χ2n) is 4.58. The zero-order valence-corrected chi connectivity index (χ0v) is 12.5. The summed E-state index contributed by atoms with van der Waals surface area (Å²) in [7, 11) is 2.18. The molecule has 1 saturated heterocycles. The minimum absolute atomic E-state index is 0.606. The summed E-state index contributed by atoms with van der Waals surface area (Å²) in [6.45, 7) is 4.98. The van der Waals surface area contributed by atoms with Crippen LogP contribution in [0, 0.1) is 0 Å². The predicted molar refractivity (Wildman–Crippen MR) is 78.0 cm³/mol. The fraction of sp³-hybridized carbons (Fsp3) is 0.667. The number of rotatable bonds is 5. The highest BCUT2D eigenvalue weighted by molar-refractivity contribution is 9.10. The van der Waals surface area contributed by atoms with Gasteiger partial charge < -0.3 is 15.5 Å². The molecule has 6 heteroatoms. The van der Waals surface area contributed by atoms with Gasteiger partial charge >= 0.3 is 0 Å². The van der Waals surface area contributed by atoms with Crippen LogP contribution in [0.15, 0.2) is 10.7 Å². The lowest BCUT2D eigenvalue weighted by Gasteiger charge is -2.20. The van der Waals surface area contributed by atoms with Crippen LogP contribution in [0.4, 0.5) is 11.8 Å². The molecule has 2 N–H and O–H groups in total. The molecule has 5 nitrogen and oxygen atoms in total. The molecule has 0 amide bonds. The van der Waals surface area contributed by atoms with Gasteiger partial charge in [-0.05, 0) is 49.3 Å². The third-order valence-corrected chi connectivity index (χ3v) is 3.84. The Kier molecular flexibility index (Phi) is 4.77. The van der Waals surface area contributed by atoms with Crippen molar-refractivity contribution in [3.8, 4) is 0 Å². The first-order valence-electron chi connectivity index (χ1n) is 6.41. The van der Waals surface area contributed by atoms with Crippen molar-refractivity contribution in [2.75, 3.05) is 37.3 Å². The van der Waals surface area contributed by atoms with Crippen molar-refractivity contribution < 1.29 is 0 Å². The Morgan fingerprint density at radius 3 is 3.00 bits per heavy atom. The molecule has 0 spiro atoms. The van der Waals surface area contributed by atoms with E-state index in [1.807, 2.05) is 6.92 Å². The summed E-state index contributed by atoms with van der Waals surface area (Å²) in [6, 6.07) is 0.606. The molecule has 1 aliphatic heterocycles. The Bertz CT molecular complexity index is 398. The van der Waals surface area contributed by atoms with Crippen molar-refractivity contribution in [3.05, 3.63) is 10.7 Å². The summed E-state index contributed by atoms with van der Waals surface area (Å²) in [4.78, 5) is 11.0. The van der Waals surface area contributed by atoms with E-state index in [1.165, 1.54) is 19.4 Å². The molecule has 0 radical (unpaired) electrons. The Labute approximate surface area is 117 Å². The molecule has 1 fully saturated rings. The molecular weight excluding hydrogens is 294 g/mol. The van der Waals surface area contributed by atoms with Gasteiger partial charge in [-0.25, -0.2) is 4.98 Å². The average Bonchev–Trinajstić information content (AvgIpc) is 2.76. The fourth-order valence-corrected chi connectivity index (χ4v) is 2.52. The third-order valence-electron chi connectivity index (χ3n) is 3.26. The number of aromatic nitrogens is 2. The second kappa shape index (κ2) is 6.33. The molecule has 1 aliphatic rings. The quantitative estimate of drug-likeness (QED) is 0.872. The smallest absolute Gasteiger partial charge is 0.224 e. The highest BCUT2D eigenvalue weighted by Gasteiger charge is 2.20. The lowest BCUT2D eigenvalue weighted by molar-refractivity contribution is 0.322. The normalized spacial score (nSPS) is 20.1. The van der Waals surface area contributed by atoms with Gasteiger partial charge in [-0.2, -0.15) is 4.98 Å². The lowest BCUT2D eigenvalue weighted by Crippen LogP contribution is -2.31. The maximum Gasteiger partial charge on any atom is 0.224 e. The van der Waals surface area contributed by atoms with Gasteiger partial charge in [0.15, 0.2) is 0 Å². The van der Waals surface area contributed by atoms with Gasteiger partial charge in [-0.3, -0.25) is 0 Å². The van der Waals surface area contributed by atoms with Crippen molar-refractivity contribution in [2.24, 2.45) is 0 Å². The average molecular weight is 314 g/mol. The van der Waals surface area contributed by atoms with Crippen LogP contribution >= 0.6 is 15.9 Å². The van der Waals surface area contributed by atoms with E-state index in [-0.39, 0.29) is 0 Å². The van der Waals surface area contributed by atoms with Crippen molar-refractivity contribution in [1.29, 1.82) is 0 Å². The van der Waals surface area contributed by atoms with Crippen molar-refractivity contribution >= 4 is 27.7 Å². The van der Waals surface area contributed by atoms with E-state index in [0.29, 0.717) is 12.0 Å². The first kappa shape index (κ1) is 13.5. The first-order valence-corrected chi connectivity index (χ1v) is 7.20. The highest BCUT2D eigenvalue weighted by Crippen LogP contribution is 2.21. The van der Waals surface area contributed by atoms with Crippen LogP contribution in [0.1, 0.15) is 19.8 Å². The molecule has 1 aromatic heterocycles. The number of hydrogen-bond acceptors (Lipinski definition) is 5. The molecular formula is C12H20BrN5. The number of hydrogen-bond donors (Lipinski definition) is 2. The monoisotopic (exact) mass is 313 g/mol. The molecule has 2 heterocycles. The van der Waals surface area contributed by atoms with E-state index in [4.69, 9.17) is 0 Å². The van der Waals surface area contributed by atoms with Gasteiger partial charge in [0.05, 0.1) is 4.47 Å². The van der Waals surface area contributed by atoms with E-state index in [9.17, 15) is 0 Å². The van der Waals surface area contributed by atoms with Crippen LogP contribution < -0.4 is 10.6 Å². The van der Waals surface area contributed by atoms with Gasteiger partial charge in [0, 0.05) is 25.3 Å². The molecule has 2 rings (SSSR count). The van der Waals surface area contributed by atoms with E-state index in [2.05, 4.69) is 48.5 Å². The second-order valence-corrected chi connectivity index (χ2v) is 5.43. The van der Waals surface area contributed by atoms with E-state index in [1.54, 1.807) is 6.20 Å². The van der Waals surface area contributed by atoms with Gasteiger partial charge in [-0.1, -0.05) is 0 Å². The molecule has 0 saturated carbocycles. The summed E-state index contributed by atoms with van der Waals surface area (Å²) < 4.78 is 0.907. The van der Waals surface area contributed by atoms with Crippen LogP contribution in [-0.2, 0) is 0 Å². The number of likely N-dealkylation sites (N-methyl/N-ethyl adjacent to an activating group) is 1. The molecule has 0 aromatic carbocycles. The van der Waals surface area contributed by atoms with Crippen LogP contribution in [0.5, 0.6) is 0 Å². The van der Waals surface area contributed by atoms with Crippen LogP contribution in [0.25, 0.3) is 0 Å². The molecule has 1 unspecified atom stereocenters. The third kappa shape index (κ3) is 3.32. The number of likely N-dealkylation sites (tertiary alicyclic amines) is 1. The molecule has 100 valence electrons. The Hall–Kier alpha value is -0.880. The Balaban J connectivity index is 1.97. The number of anilines is 2. The Morgan fingerprint density at radius 1 is 1.50 bits per heavy atom. The summed E-state index contributed by atoms with van der Waals surface area (Å²) in [5, 5.41) is 6.52. The lowest BCUT2D eigenvalue weighted by atomic mass is 10.2. The maximum atomic E-state index is 4.45. The minimum atomic E-state index is 0.606. The zero-order valence-electron chi connectivity index (χ0n) is 10.9. The summed E-state index contributed by atoms with van der Waals surface area (Å²) in [5.74, 6) is 1.53. The zero-order chi connectivity index (χ0) is 13.0. The topological polar surface area (TPSA) is 53.1 Å². The number of halogens is 1. The molecule has 0 bridgehead atoms. The first-order chi connectivity index (χ1) is 8.70. The van der Waals surface area contributed by atoms with Gasteiger partial charge in [-0.15, -0.1) is 0 Å². The largest absolute Gasteiger partial charge is 0.367 e. The van der Waals surface area contributed by atoms with Crippen molar-refractivity contribution in [3.63, 3.8) is 0 Å². The number of nitrogens with zero attached hydrogens (tertiary/aromatic N) is 3. The van der Waals surface area contributed by atoms with Crippen LogP contribution in [0.2, 0.25) is 0 Å². The van der Waals surface area contributed by atoms with E-state index in [0.717, 1.165) is 23.4 Å². The summed E-state index contributed by atoms with van der Waals surface area (Å²) in [6.07, 6.45) is 4.33. The maximum absolute atomic E-state index is 4.45. The van der Waals surface area contributed by atoms with E-state index >= 15 is 0 Å². The van der Waals surface area contributed by atoms with Crippen molar-refractivity contribution in [1.82, 2.24) is 14.9 Å². The number of nitrogens with one attached hydrogen (secondary N) is 2. The Morgan fingerprint density at radius 2 is 2.33 bits per heavy atom. The standard InChI is InChI=1S/C12H20BrN5/c1-3-14-12-16-8-10(13)11(17-12)15-7-9-5-4-6-18(9)2/h8-9H,3-7H2,1-2H3,(H2,14,15,16,17). The van der Waals surface area contributed by atoms with Gasteiger partial charge in [0.25, 0.3) is 0 Å². The minimum Gasteiger partial charge on any atom is -0.367 e. The fourth-order valence-electron chi connectivity index (χ4n) is 2.19. The highest BCUT2D eigenvalue weighted by atomic mass is 79.9. The van der Waals surface area contributed by atoms with Gasteiger partial charge in [0.1, 0.15) is 5.82 Å². The molecule has 1 aromatic rings. The SMILES string of the molecule is CCNc1ncc(Br)c(NCC2CCCN2C)n1. The van der Waals surface area contributed by atoms with Crippen molar-refractivity contribution in [2.45, 2.75) is 25.8 Å². The van der Waals surface area contributed by atoms with Crippen LogP contribution in [0.3, 0.4) is 0 Å². The summed E-state index contributed by atoms with van der Waals surface area (Å²) in [5.41, 5.74) is 0. The van der Waals surface area contributed by atoms with Gasteiger partial charge in [0.2, 0.25) is 5.95 Å². The molecule has 0 aliphatic carbocycles. The molecule has 18 heavy (non-hydrogen) atoms. The summed E-state index contributed by atoms with van der Waals surface area (Å²) >= 11 is 3.48. The van der Waals surface area contributed by atoms with Crippen LogP contribution in [-0.4, -0.2) is 47.6 Å².